The van der Waals surface area contributed by atoms with E-state index in [1.54, 1.807) is 18.5 Å². The quantitative estimate of drug-likeness (QED) is 0.601. The van der Waals surface area contributed by atoms with Crippen molar-refractivity contribution in [2.75, 3.05) is 6.61 Å². The van der Waals surface area contributed by atoms with Crippen molar-refractivity contribution in [3.8, 4) is 0 Å². The number of aliphatic hydroxyl groups is 1. The lowest BCUT2D eigenvalue weighted by Gasteiger charge is -2.04. The van der Waals surface area contributed by atoms with Crippen LogP contribution in [0, 0.1) is 0 Å². The number of H-pyrrole nitrogens is 1. The number of nitrogens with zero attached hydrogens (tertiary/aromatic N) is 2. The van der Waals surface area contributed by atoms with Crippen LogP contribution >= 0.6 is 0 Å². The third-order valence-corrected chi connectivity index (χ3v) is 1.95. The largest absolute Gasteiger partial charge is 0.394 e. The van der Waals surface area contributed by atoms with Crippen LogP contribution in [-0.2, 0) is 0 Å². The third kappa shape index (κ3) is 1.28. The van der Waals surface area contributed by atoms with E-state index in [2.05, 4.69) is 15.2 Å². The summed E-state index contributed by atoms with van der Waals surface area (Å²) in [4.78, 5) is 3.97. The molecule has 0 bridgehead atoms. The molecule has 5 nitrogen and oxygen atoms in total. The third-order valence-electron chi connectivity index (χ3n) is 1.95. The Morgan fingerprint density at radius 1 is 1.62 bits per heavy atom. The normalized spacial score (nSPS) is 13.4. The Balaban J connectivity index is 2.57. The maximum absolute atomic E-state index is 8.87. The fourth-order valence-electron chi connectivity index (χ4n) is 1.25. The van der Waals surface area contributed by atoms with Gasteiger partial charge in [0, 0.05) is 17.8 Å². The van der Waals surface area contributed by atoms with Crippen molar-refractivity contribution >= 4 is 10.9 Å². The molecule has 0 radical (unpaired) electrons. The summed E-state index contributed by atoms with van der Waals surface area (Å²) >= 11 is 0. The minimum absolute atomic E-state index is 0.105. The van der Waals surface area contributed by atoms with Gasteiger partial charge in [0.2, 0.25) is 0 Å². The van der Waals surface area contributed by atoms with Gasteiger partial charge in [0.15, 0.2) is 0 Å². The lowest BCUT2D eigenvalue weighted by atomic mass is 10.1. The van der Waals surface area contributed by atoms with Gasteiger partial charge in [-0.2, -0.15) is 5.10 Å². The molecule has 0 aliphatic rings. The average Bonchev–Trinajstić information content (AvgIpc) is 2.60. The number of aliphatic hydroxyl groups excluding tert-OH is 1. The molecule has 2 aromatic rings. The summed E-state index contributed by atoms with van der Waals surface area (Å²) < 4.78 is 0. The van der Waals surface area contributed by atoms with Gasteiger partial charge in [-0.25, -0.2) is 0 Å². The van der Waals surface area contributed by atoms with Crippen LogP contribution in [0.4, 0.5) is 0 Å². The molecular formula is C8H10N4O. The summed E-state index contributed by atoms with van der Waals surface area (Å²) in [6.07, 6.45) is 3.35. The van der Waals surface area contributed by atoms with Crippen molar-refractivity contribution in [3.63, 3.8) is 0 Å². The van der Waals surface area contributed by atoms with Gasteiger partial charge < -0.3 is 10.8 Å². The number of aromatic amines is 1. The zero-order valence-corrected chi connectivity index (χ0v) is 6.94. The molecule has 68 valence electrons. The van der Waals surface area contributed by atoms with Crippen LogP contribution in [0.15, 0.2) is 18.5 Å². The van der Waals surface area contributed by atoms with Gasteiger partial charge in [-0.3, -0.25) is 10.1 Å². The maximum Gasteiger partial charge on any atom is 0.0955 e. The molecule has 0 aromatic carbocycles. The molecule has 0 saturated heterocycles. The maximum atomic E-state index is 8.87. The number of nitrogens with two attached hydrogens (primary N) is 1. The minimum Gasteiger partial charge on any atom is -0.394 e. The van der Waals surface area contributed by atoms with Gasteiger partial charge >= 0.3 is 0 Å². The van der Waals surface area contributed by atoms with E-state index < -0.39 is 6.04 Å². The Morgan fingerprint density at radius 2 is 2.46 bits per heavy atom. The van der Waals surface area contributed by atoms with Crippen molar-refractivity contribution in [2.45, 2.75) is 6.04 Å². The Bertz CT molecular complexity index is 411. The highest BCUT2D eigenvalue weighted by molar-refractivity contribution is 5.80. The van der Waals surface area contributed by atoms with Gasteiger partial charge in [-0.05, 0) is 6.07 Å². The first-order valence-corrected chi connectivity index (χ1v) is 3.97. The first-order valence-electron chi connectivity index (χ1n) is 3.97. The van der Waals surface area contributed by atoms with Crippen LogP contribution < -0.4 is 5.73 Å². The number of nitrogens with one attached hydrogen (secondary N) is 1. The Labute approximate surface area is 74.6 Å². The second kappa shape index (κ2) is 3.12. The fourth-order valence-corrected chi connectivity index (χ4v) is 1.25. The summed E-state index contributed by atoms with van der Waals surface area (Å²) in [6.45, 7) is -0.105. The molecule has 2 heterocycles. The molecule has 0 fully saturated rings. The first kappa shape index (κ1) is 8.15. The summed E-state index contributed by atoms with van der Waals surface area (Å²) in [5, 5.41) is 16.6. The first-order chi connectivity index (χ1) is 6.33. The van der Waals surface area contributed by atoms with Crippen molar-refractivity contribution in [3.05, 3.63) is 24.2 Å². The fraction of sp³-hybridized carbons (Fsp3) is 0.250. The van der Waals surface area contributed by atoms with Crippen LogP contribution in [-0.4, -0.2) is 26.9 Å². The smallest absolute Gasteiger partial charge is 0.0955 e. The number of fused-ring (bicyclic) bond motifs is 1. The molecule has 0 saturated carbocycles. The second-order valence-corrected chi connectivity index (χ2v) is 2.82. The standard InChI is InChI=1S/C8H10N4O/c9-6(4-13)8-5-3-10-2-1-7(5)11-12-8/h1-3,6,13H,4,9H2,(H,11,12). The highest BCUT2D eigenvalue weighted by Gasteiger charge is 2.11. The molecule has 1 unspecified atom stereocenters. The molecule has 5 heteroatoms. The van der Waals surface area contributed by atoms with E-state index in [-0.39, 0.29) is 6.61 Å². The van der Waals surface area contributed by atoms with E-state index in [9.17, 15) is 0 Å². The van der Waals surface area contributed by atoms with E-state index in [0.717, 1.165) is 16.6 Å². The van der Waals surface area contributed by atoms with Crippen LogP contribution in [0.5, 0.6) is 0 Å². The number of pyridine rings is 1. The topological polar surface area (TPSA) is 87.8 Å². The van der Waals surface area contributed by atoms with Gasteiger partial charge in [0.25, 0.3) is 0 Å². The molecule has 13 heavy (non-hydrogen) atoms. The Morgan fingerprint density at radius 3 is 3.23 bits per heavy atom. The zero-order valence-electron chi connectivity index (χ0n) is 6.94. The number of hydrogen-bond donors (Lipinski definition) is 3. The second-order valence-electron chi connectivity index (χ2n) is 2.82. The molecule has 0 amide bonds. The highest BCUT2D eigenvalue weighted by atomic mass is 16.3. The van der Waals surface area contributed by atoms with Crippen molar-refractivity contribution < 1.29 is 5.11 Å². The van der Waals surface area contributed by atoms with E-state index in [1.165, 1.54) is 0 Å². The van der Waals surface area contributed by atoms with Crippen molar-refractivity contribution in [2.24, 2.45) is 5.73 Å². The van der Waals surface area contributed by atoms with Crippen molar-refractivity contribution in [1.82, 2.24) is 15.2 Å². The van der Waals surface area contributed by atoms with Gasteiger partial charge in [0.05, 0.1) is 23.9 Å². The lowest BCUT2D eigenvalue weighted by Crippen LogP contribution is -2.15. The number of hydrogen-bond acceptors (Lipinski definition) is 4. The molecule has 0 aliphatic carbocycles. The molecule has 2 rings (SSSR count). The van der Waals surface area contributed by atoms with E-state index in [4.69, 9.17) is 10.8 Å². The van der Waals surface area contributed by atoms with Crippen LogP contribution in [0.25, 0.3) is 10.9 Å². The van der Waals surface area contributed by atoms with Gasteiger partial charge in [-0.1, -0.05) is 0 Å². The predicted octanol–water partition coefficient (Wildman–Crippen LogP) is -0.0500. The molecular weight excluding hydrogens is 168 g/mol. The van der Waals surface area contributed by atoms with Gasteiger partial charge in [0.1, 0.15) is 0 Å². The molecule has 0 spiro atoms. The Kier molecular flexibility index (Phi) is 1.96. The van der Waals surface area contributed by atoms with E-state index in [0.29, 0.717) is 0 Å². The lowest BCUT2D eigenvalue weighted by molar-refractivity contribution is 0.266. The van der Waals surface area contributed by atoms with Gasteiger partial charge in [-0.15, -0.1) is 0 Å². The SMILES string of the molecule is NC(CO)c1[nH]nc2ccncc12. The highest BCUT2D eigenvalue weighted by Crippen LogP contribution is 2.18. The molecule has 0 aliphatic heterocycles. The summed E-state index contributed by atoms with van der Waals surface area (Å²) in [5.74, 6) is 0. The summed E-state index contributed by atoms with van der Waals surface area (Å²) in [6, 6.07) is 1.37. The monoisotopic (exact) mass is 178 g/mol. The van der Waals surface area contributed by atoms with Crippen LogP contribution in [0.2, 0.25) is 0 Å². The van der Waals surface area contributed by atoms with E-state index >= 15 is 0 Å². The molecule has 2 aromatic heterocycles. The summed E-state index contributed by atoms with van der Waals surface area (Å²) in [5.41, 5.74) is 7.20. The average molecular weight is 178 g/mol. The number of aromatic nitrogens is 3. The zero-order chi connectivity index (χ0) is 9.26. The molecule has 4 N–H and O–H groups in total. The number of rotatable bonds is 2. The minimum atomic E-state index is -0.422. The van der Waals surface area contributed by atoms with Crippen LogP contribution in [0.3, 0.4) is 0 Å². The molecule has 1 atom stereocenters. The van der Waals surface area contributed by atoms with Crippen molar-refractivity contribution in [1.29, 1.82) is 0 Å². The Hall–Kier alpha value is -1.46. The van der Waals surface area contributed by atoms with E-state index in [1.807, 2.05) is 0 Å². The predicted molar refractivity (Wildman–Crippen MR) is 47.9 cm³/mol. The summed E-state index contributed by atoms with van der Waals surface area (Å²) in [7, 11) is 0. The van der Waals surface area contributed by atoms with Crippen LogP contribution in [0.1, 0.15) is 11.7 Å².